The number of benzene rings is 13. The highest BCUT2D eigenvalue weighted by Crippen LogP contribution is 2.56. The van der Waals surface area contributed by atoms with Crippen molar-refractivity contribution < 1.29 is 0 Å². The second kappa shape index (κ2) is 21.6. The lowest BCUT2D eigenvalue weighted by molar-refractivity contribution is 0.661. The molecule has 0 spiro atoms. The molecule has 3 nitrogen and oxygen atoms in total. The molecule has 401 valence electrons. The van der Waals surface area contributed by atoms with E-state index < -0.39 is 0 Å². The summed E-state index contributed by atoms with van der Waals surface area (Å²) in [5, 5.41) is 4.03. The Labute approximate surface area is 499 Å². The van der Waals surface area contributed by atoms with Crippen molar-refractivity contribution in [2.45, 2.75) is 19.3 Å². The molecule has 0 aromatic heterocycles. The summed E-state index contributed by atoms with van der Waals surface area (Å²) >= 11 is 0. The van der Waals surface area contributed by atoms with Crippen LogP contribution in [0.15, 0.2) is 315 Å². The maximum Gasteiger partial charge on any atom is 0.197 e. The quantitative estimate of drug-likeness (QED) is 0.123. The van der Waals surface area contributed by atoms with Gasteiger partial charge in [-0.15, -0.1) is 0 Å². The summed E-state index contributed by atoms with van der Waals surface area (Å²) in [6, 6.07) is 115. The number of fused-ring (bicyclic) bond motifs is 6. The largest absolute Gasteiger partial charge is 0.355 e. The van der Waals surface area contributed by atoms with Crippen LogP contribution in [-0.2, 0) is 5.41 Å². The van der Waals surface area contributed by atoms with Crippen molar-refractivity contribution in [1.29, 1.82) is 0 Å². The van der Waals surface area contributed by atoms with Crippen molar-refractivity contribution >= 4 is 63.7 Å². The second-order valence-corrected chi connectivity index (χ2v) is 22.8. The van der Waals surface area contributed by atoms with Crippen LogP contribution >= 0.6 is 0 Å². The van der Waals surface area contributed by atoms with E-state index in [1.807, 2.05) is 0 Å². The van der Waals surface area contributed by atoms with Gasteiger partial charge in [-0.1, -0.05) is 256 Å². The molecule has 0 fully saturated rings. The van der Waals surface area contributed by atoms with Crippen LogP contribution in [0.5, 0.6) is 0 Å². The monoisotopic (exact) mass is 1080 g/mol. The molecule has 1 heterocycles. The van der Waals surface area contributed by atoms with Crippen molar-refractivity contribution in [1.82, 2.24) is 0 Å². The highest BCUT2D eigenvalue weighted by molar-refractivity contribution is 6.73. The maximum absolute atomic E-state index is 4.03. The smallest absolute Gasteiger partial charge is 0.197 e. The first kappa shape index (κ1) is 51.2. The number of hydrogen-bond donors (Lipinski definition) is 1. The van der Waals surface area contributed by atoms with Gasteiger partial charge in [0.05, 0.1) is 0 Å². The molecule has 13 aromatic rings. The fourth-order valence-electron chi connectivity index (χ4n) is 13.0. The fourth-order valence-corrected chi connectivity index (χ4v) is 13.0. The average molecular weight is 1090 g/mol. The first-order valence-corrected chi connectivity index (χ1v) is 29.4. The molecular formula is C81H59BN3. The molecule has 0 bridgehead atoms. The van der Waals surface area contributed by atoms with Crippen LogP contribution in [0, 0.1) is 0 Å². The zero-order chi connectivity index (χ0) is 56.8. The second-order valence-electron chi connectivity index (χ2n) is 22.8. The molecule has 85 heavy (non-hydrogen) atoms. The summed E-state index contributed by atoms with van der Waals surface area (Å²) in [5.74, 6) is 0. The summed E-state index contributed by atoms with van der Waals surface area (Å²) in [7, 11) is 2.48. The van der Waals surface area contributed by atoms with E-state index in [2.05, 4.69) is 352 Å². The minimum absolute atomic E-state index is 0.332. The molecule has 13 aromatic carbocycles. The first-order valence-electron chi connectivity index (χ1n) is 29.4. The zero-order valence-corrected chi connectivity index (χ0v) is 47.5. The van der Waals surface area contributed by atoms with Gasteiger partial charge in [0, 0.05) is 62.0 Å². The summed E-state index contributed by atoms with van der Waals surface area (Å²) in [5.41, 5.74) is 29.7. The molecule has 0 saturated carbocycles. The van der Waals surface area contributed by atoms with Crippen molar-refractivity contribution in [3.8, 4) is 77.9 Å². The van der Waals surface area contributed by atoms with Crippen LogP contribution in [-0.4, -0.2) is 7.28 Å². The molecule has 1 N–H and O–H groups in total. The predicted octanol–water partition coefficient (Wildman–Crippen LogP) is 20.6. The van der Waals surface area contributed by atoms with Gasteiger partial charge in [0.25, 0.3) is 0 Å². The standard InChI is InChI=1S/C81H59BN3/c1-81(2)73-31-19-18-30-70(73)78-74(81)54-72(79-80(78)85(68-47-38-63(39-48-68)58-26-14-6-15-27-58)77-51-40-64(52-75(77)82-79)59-28-16-7-17-29-59)71-53-69(49-50-76(71)83-65-41-32-60(33-42-65)55-20-8-3-9-21-55)84(66-43-34-61(35-44-66)56-22-10-4-11-23-56)67-45-36-62(37-46-67)57-24-12-5-13-25-57/h3-54,83H,1-2H3. The van der Waals surface area contributed by atoms with Gasteiger partial charge in [-0.3, -0.25) is 0 Å². The van der Waals surface area contributed by atoms with Crippen molar-refractivity contribution in [2.75, 3.05) is 15.1 Å². The molecule has 0 saturated heterocycles. The van der Waals surface area contributed by atoms with Gasteiger partial charge >= 0.3 is 0 Å². The number of anilines is 8. The molecule has 0 atom stereocenters. The van der Waals surface area contributed by atoms with Gasteiger partial charge in [0.15, 0.2) is 7.28 Å². The summed E-state index contributed by atoms with van der Waals surface area (Å²) in [4.78, 5) is 4.97. The lowest BCUT2D eigenvalue weighted by atomic mass is 9.57. The molecule has 1 aliphatic carbocycles. The Bertz CT molecular complexity index is 4460. The van der Waals surface area contributed by atoms with E-state index >= 15 is 0 Å². The lowest BCUT2D eigenvalue weighted by Crippen LogP contribution is -2.41. The van der Waals surface area contributed by atoms with E-state index in [1.54, 1.807) is 0 Å². The van der Waals surface area contributed by atoms with Crippen molar-refractivity contribution in [3.05, 3.63) is 327 Å². The van der Waals surface area contributed by atoms with Crippen LogP contribution in [0.3, 0.4) is 0 Å². The minimum Gasteiger partial charge on any atom is -0.355 e. The third-order valence-corrected chi connectivity index (χ3v) is 17.3. The van der Waals surface area contributed by atoms with Crippen LogP contribution in [0.4, 0.5) is 45.5 Å². The summed E-state index contributed by atoms with van der Waals surface area (Å²) in [6.45, 7) is 4.81. The molecule has 2 aliphatic rings. The van der Waals surface area contributed by atoms with E-state index in [0.717, 1.165) is 61.9 Å². The fraction of sp³-hybridized carbons (Fsp3) is 0.0370. The molecule has 0 unspecified atom stereocenters. The van der Waals surface area contributed by atoms with Crippen LogP contribution in [0.2, 0.25) is 0 Å². The third kappa shape index (κ3) is 9.48. The van der Waals surface area contributed by atoms with Crippen molar-refractivity contribution in [3.63, 3.8) is 0 Å². The van der Waals surface area contributed by atoms with E-state index in [9.17, 15) is 0 Å². The molecule has 1 radical (unpaired) electrons. The van der Waals surface area contributed by atoms with E-state index in [1.165, 1.54) is 83.6 Å². The SMILES string of the molecule is CC1(C)c2ccccc2-c2c1cc(-c1cc(N(c3ccc(-c4ccccc4)cc3)c3ccc(-c4ccccc4)cc3)ccc1Nc1ccc(-c3ccccc3)cc1)c1c2N(c2ccc(-c3ccccc3)cc2)c2ccc(-c3ccccc3)cc2[B]1. The number of rotatable bonds is 12. The average Bonchev–Trinajstić information content (AvgIpc) is 1.74. The van der Waals surface area contributed by atoms with E-state index in [4.69, 9.17) is 0 Å². The molecule has 4 heteroatoms. The molecule has 0 amide bonds. The Morgan fingerprint density at radius 3 is 1.28 bits per heavy atom. The number of hydrogen-bond acceptors (Lipinski definition) is 3. The molecular weight excluding hydrogens is 1030 g/mol. The van der Waals surface area contributed by atoms with Gasteiger partial charge in [-0.2, -0.15) is 0 Å². The first-order chi connectivity index (χ1) is 41.9. The van der Waals surface area contributed by atoms with Crippen LogP contribution < -0.4 is 26.0 Å². The van der Waals surface area contributed by atoms with Gasteiger partial charge in [-0.25, -0.2) is 0 Å². The van der Waals surface area contributed by atoms with Crippen LogP contribution in [0.25, 0.3) is 77.9 Å². The van der Waals surface area contributed by atoms with Gasteiger partial charge in [0.1, 0.15) is 0 Å². The number of nitrogens with zero attached hydrogens (tertiary/aromatic N) is 2. The third-order valence-electron chi connectivity index (χ3n) is 17.3. The Balaban J connectivity index is 0.981. The topological polar surface area (TPSA) is 18.5 Å². The van der Waals surface area contributed by atoms with E-state index in [0.29, 0.717) is 0 Å². The van der Waals surface area contributed by atoms with Gasteiger partial charge < -0.3 is 15.1 Å². The van der Waals surface area contributed by atoms with Gasteiger partial charge in [-0.05, 0) is 162 Å². The number of nitrogens with one attached hydrogen (secondary N) is 1. The lowest BCUT2D eigenvalue weighted by Gasteiger charge is -2.38. The molecule has 1 aliphatic heterocycles. The highest BCUT2D eigenvalue weighted by atomic mass is 15.2. The summed E-state index contributed by atoms with van der Waals surface area (Å²) < 4.78 is 0. The Kier molecular flexibility index (Phi) is 13.0. The Morgan fingerprint density at radius 1 is 0.341 bits per heavy atom. The maximum atomic E-state index is 4.03. The van der Waals surface area contributed by atoms with Crippen molar-refractivity contribution in [2.24, 2.45) is 0 Å². The zero-order valence-electron chi connectivity index (χ0n) is 47.5. The minimum atomic E-state index is -0.332. The Hall–Kier alpha value is -10.7. The molecule has 15 rings (SSSR count). The Morgan fingerprint density at radius 2 is 0.765 bits per heavy atom. The summed E-state index contributed by atoms with van der Waals surface area (Å²) in [6.07, 6.45) is 0. The van der Waals surface area contributed by atoms with Gasteiger partial charge in [0.2, 0.25) is 0 Å². The normalized spacial score (nSPS) is 12.5. The van der Waals surface area contributed by atoms with E-state index in [-0.39, 0.29) is 5.41 Å². The highest BCUT2D eigenvalue weighted by Gasteiger charge is 2.42. The van der Waals surface area contributed by atoms with Crippen LogP contribution in [0.1, 0.15) is 25.0 Å². The predicted molar refractivity (Wildman–Crippen MR) is 361 cm³/mol.